The van der Waals surface area contributed by atoms with Crippen molar-refractivity contribution in [1.82, 2.24) is 4.90 Å². The number of aryl methyl sites for hydroxylation is 1. The second kappa shape index (κ2) is 11.3. The maximum atomic E-state index is 15.1. The molecule has 35 heavy (non-hydrogen) atoms. The first-order valence-corrected chi connectivity index (χ1v) is 12.8. The Balaban J connectivity index is 1.47. The second-order valence-corrected chi connectivity index (χ2v) is 9.91. The Bertz CT molecular complexity index is 1130. The van der Waals surface area contributed by atoms with E-state index in [9.17, 15) is 4.79 Å². The maximum absolute atomic E-state index is 15.1. The summed E-state index contributed by atoms with van der Waals surface area (Å²) in [5.41, 5.74) is 4.54. The molecule has 1 aliphatic rings. The van der Waals surface area contributed by atoms with Gasteiger partial charge in [-0.05, 0) is 55.0 Å². The summed E-state index contributed by atoms with van der Waals surface area (Å²) in [5.74, 6) is -0.192. The molecule has 0 bridgehead atoms. The third kappa shape index (κ3) is 5.88. The third-order valence-corrected chi connectivity index (χ3v) is 7.14. The van der Waals surface area contributed by atoms with Crippen LogP contribution in [0.15, 0.2) is 66.7 Å². The Morgan fingerprint density at radius 3 is 2.14 bits per heavy atom. The molecule has 3 aromatic rings. The van der Waals surface area contributed by atoms with Crippen molar-refractivity contribution >= 4 is 5.78 Å². The van der Waals surface area contributed by atoms with Gasteiger partial charge in [0, 0.05) is 24.2 Å². The predicted octanol–water partition coefficient (Wildman–Crippen LogP) is 7.19. The van der Waals surface area contributed by atoms with E-state index in [1.54, 1.807) is 6.07 Å². The molecule has 0 aliphatic carbocycles. The van der Waals surface area contributed by atoms with Crippen molar-refractivity contribution in [3.63, 3.8) is 0 Å². The number of rotatable bonds is 9. The van der Waals surface area contributed by atoms with Gasteiger partial charge in [0.15, 0.2) is 5.78 Å². The monoisotopic (exact) mass is 473 g/mol. The molecule has 0 saturated carbocycles. The van der Waals surface area contributed by atoms with Crippen LogP contribution in [0.4, 0.5) is 4.39 Å². The van der Waals surface area contributed by atoms with Crippen molar-refractivity contribution in [2.24, 2.45) is 0 Å². The lowest BCUT2D eigenvalue weighted by Gasteiger charge is -2.39. The van der Waals surface area contributed by atoms with Gasteiger partial charge in [0.2, 0.25) is 0 Å². The lowest BCUT2D eigenvalue weighted by molar-refractivity contribution is -0.00429. The van der Waals surface area contributed by atoms with Gasteiger partial charge in [0.1, 0.15) is 5.82 Å². The van der Waals surface area contributed by atoms with E-state index in [0.29, 0.717) is 24.3 Å². The number of nitrogens with zero attached hydrogens (tertiary/aromatic N) is 1. The number of ether oxygens (including phenoxy) is 1. The first kappa shape index (κ1) is 25.3. The molecule has 0 amide bonds. The lowest BCUT2D eigenvalue weighted by atomic mass is 9.90. The molecule has 1 heterocycles. The van der Waals surface area contributed by atoms with Gasteiger partial charge in [-0.1, -0.05) is 80.4 Å². The minimum absolute atomic E-state index is 0.0694. The van der Waals surface area contributed by atoms with Crippen molar-refractivity contribution in [2.75, 3.05) is 26.3 Å². The van der Waals surface area contributed by atoms with Crippen LogP contribution in [0.2, 0.25) is 0 Å². The Hall–Kier alpha value is -2.82. The van der Waals surface area contributed by atoms with E-state index in [0.717, 1.165) is 36.2 Å². The predicted molar refractivity (Wildman–Crippen MR) is 141 cm³/mol. The fourth-order valence-electron chi connectivity index (χ4n) is 4.79. The first-order valence-electron chi connectivity index (χ1n) is 12.8. The van der Waals surface area contributed by atoms with E-state index < -0.39 is 5.54 Å². The highest BCUT2D eigenvalue weighted by Gasteiger charge is 2.35. The summed E-state index contributed by atoms with van der Waals surface area (Å²) in [6.45, 7) is 8.92. The fourth-order valence-corrected chi connectivity index (χ4v) is 4.79. The van der Waals surface area contributed by atoms with Gasteiger partial charge in [-0.2, -0.15) is 0 Å². The van der Waals surface area contributed by atoms with E-state index >= 15 is 4.39 Å². The number of carbonyl (C=O) groups excluding carboxylic acids is 1. The highest BCUT2D eigenvalue weighted by atomic mass is 19.1. The lowest BCUT2D eigenvalue weighted by Crippen LogP contribution is -2.54. The summed E-state index contributed by atoms with van der Waals surface area (Å²) >= 11 is 0. The van der Waals surface area contributed by atoms with Gasteiger partial charge in [-0.25, -0.2) is 4.39 Å². The first-order chi connectivity index (χ1) is 16.9. The molecule has 0 aromatic heterocycles. The fraction of sp³-hybridized carbons (Fsp3) is 0.387. The number of hydrogen-bond donors (Lipinski definition) is 0. The van der Waals surface area contributed by atoms with Gasteiger partial charge in [-0.3, -0.25) is 9.69 Å². The highest BCUT2D eigenvalue weighted by molar-refractivity contribution is 6.03. The van der Waals surface area contributed by atoms with Crippen LogP contribution in [0.3, 0.4) is 0 Å². The number of benzene rings is 3. The van der Waals surface area contributed by atoms with Gasteiger partial charge in [0.05, 0.1) is 18.8 Å². The molecule has 0 spiro atoms. The van der Waals surface area contributed by atoms with Gasteiger partial charge in [-0.15, -0.1) is 0 Å². The number of halogens is 1. The number of unbranched alkanes of at least 4 members (excludes halogenated alkanes) is 2. The summed E-state index contributed by atoms with van der Waals surface area (Å²) in [6, 6.07) is 21.1. The number of morpholine rings is 1. The molecule has 4 rings (SSSR count). The van der Waals surface area contributed by atoms with Crippen molar-refractivity contribution in [1.29, 1.82) is 0 Å². The second-order valence-electron chi connectivity index (χ2n) is 9.91. The summed E-state index contributed by atoms with van der Waals surface area (Å²) < 4.78 is 20.5. The highest BCUT2D eigenvalue weighted by Crippen LogP contribution is 2.30. The zero-order valence-electron chi connectivity index (χ0n) is 21.1. The number of ketones is 1. The number of hydrogen-bond acceptors (Lipinski definition) is 3. The smallest absolute Gasteiger partial charge is 0.182 e. The molecule has 3 nitrogen and oxygen atoms in total. The molecule has 3 aromatic carbocycles. The molecule has 1 fully saturated rings. The largest absolute Gasteiger partial charge is 0.379 e. The summed E-state index contributed by atoms with van der Waals surface area (Å²) in [4.78, 5) is 15.4. The van der Waals surface area contributed by atoms with Crippen LogP contribution in [0.5, 0.6) is 0 Å². The summed E-state index contributed by atoms with van der Waals surface area (Å²) in [5, 5.41) is 0. The van der Waals surface area contributed by atoms with Crippen LogP contribution >= 0.6 is 0 Å². The van der Waals surface area contributed by atoms with Crippen molar-refractivity contribution in [3.05, 3.63) is 83.7 Å². The molecule has 0 unspecified atom stereocenters. The molecule has 184 valence electrons. The Morgan fingerprint density at radius 1 is 0.886 bits per heavy atom. The summed E-state index contributed by atoms with van der Waals surface area (Å²) in [7, 11) is 0. The van der Waals surface area contributed by atoms with Crippen LogP contribution < -0.4 is 0 Å². The quantitative estimate of drug-likeness (QED) is 0.243. The van der Waals surface area contributed by atoms with E-state index in [2.05, 4.69) is 36.1 Å². The average molecular weight is 474 g/mol. The standard InChI is InChI=1S/C31H36FNO2/c1-4-5-6-7-23-8-10-24(11-9-23)27-16-17-28(29(32)22-27)25-12-14-26(15-13-25)30(34)31(2,3)33-18-20-35-21-19-33/h8-17,22H,4-7,18-21H2,1-3H3. The minimum Gasteiger partial charge on any atom is -0.379 e. The molecular formula is C31H36FNO2. The average Bonchev–Trinajstić information content (AvgIpc) is 2.89. The Morgan fingerprint density at radius 2 is 1.51 bits per heavy atom. The van der Waals surface area contributed by atoms with Crippen LogP contribution in [-0.4, -0.2) is 42.5 Å². The van der Waals surface area contributed by atoms with Crippen LogP contribution in [0.25, 0.3) is 22.3 Å². The maximum Gasteiger partial charge on any atom is 0.182 e. The Labute approximate surface area is 208 Å². The van der Waals surface area contributed by atoms with E-state index in [1.807, 2.05) is 50.2 Å². The third-order valence-electron chi connectivity index (χ3n) is 7.14. The van der Waals surface area contributed by atoms with Gasteiger partial charge < -0.3 is 4.74 Å². The molecule has 4 heteroatoms. The minimum atomic E-state index is -0.607. The topological polar surface area (TPSA) is 29.5 Å². The van der Waals surface area contributed by atoms with Gasteiger partial charge >= 0.3 is 0 Å². The Kier molecular flexibility index (Phi) is 8.15. The molecule has 0 N–H and O–H groups in total. The number of Topliss-reactive ketones (excluding diaryl/α,β-unsaturated/α-hetero) is 1. The van der Waals surface area contributed by atoms with Crippen LogP contribution in [0, 0.1) is 5.82 Å². The van der Waals surface area contributed by atoms with Crippen molar-refractivity contribution in [2.45, 2.75) is 52.0 Å². The SMILES string of the molecule is CCCCCc1ccc(-c2ccc(-c3ccc(C(=O)C(C)(C)N4CCOCC4)cc3)c(F)c2)cc1. The zero-order valence-corrected chi connectivity index (χ0v) is 21.1. The molecule has 1 aliphatic heterocycles. The molecule has 1 saturated heterocycles. The van der Waals surface area contributed by atoms with Crippen LogP contribution in [-0.2, 0) is 11.2 Å². The van der Waals surface area contributed by atoms with E-state index in [4.69, 9.17) is 4.74 Å². The molecule has 0 atom stereocenters. The van der Waals surface area contributed by atoms with E-state index in [-0.39, 0.29) is 11.6 Å². The zero-order chi connectivity index (χ0) is 24.8. The molecular weight excluding hydrogens is 437 g/mol. The number of carbonyl (C=O) groups is 1. The normalized spacial score (nSPS) is 14.7. The van der Waals surface area contributed by atoms with Crippen molar-refractivity contribution < 1.29 is 13.9 Å². The molecule has 0 radical (unpaired) electrons. The van der Waals surface area contributed by atoms with Gasteiger partial charge in [0.25, 0.3) is 0 Å². The van der Waals surface area contributed by atoms with Crippen LogP contribution in [0.1, 0.15) is 56.0 Å². The van der Waals surface area contributed by atoms with Crippen molar-refractivity contribution in [3.8, 4) is 22.3 Å². The van der Waals surface area contributed by atoms with E-state index in [1.165, 1.54) is 24.8 Å². The summed E-state index contributed by atoms with van der Waals surface area (Å²) in [6.07, 6.45) is 4.75.